The molecule has 2 rings (SSSR count). The third-order valence-electron chi connectivity index (χ3n) is 2.83. The van der Waals surface area contributed by atoms with E-state index in [1.54, 1.807) is 0 Å². The molecule has 5 nitrogen and oxygen atoms in total. The Bertz CT molecular complexity index is 477. The van der Waals surface area contributed by atoms with E-state index in [2.05, 4.69) is 5.32 Å². The number of carboxylic acid groups (broad SMARTS) is 1. The predicted octanol–water partition coefficient (Wildman–Crippen LogP) is 0.655. The number of hydrogen-bond donors (Lipinski definition) is 2. The van der Waals surface area contributed by atoms with Crippen molar-refractivity contribution in [2.45, 2.75) is 6.04 Å². The maximum Gasteiger partial charge on any atom is 0.311 e. The fourth-order valence-electron chi connectivity index (χ4n) is 1.83. The summed E-state index contributed by atoms with van der Waals surface area (Å²) in [6, 6.07) is 4.91. The first-order valence-electron chi connectivity index (χ1n) is 5.45. The Balaban J connectivity index is 2.08. The number of rotatable bonds is 3. The van der Waals surface area contributed by atoms with Crippen LogP contribution in [0.2, 0.25) is 0 Å². The van der Waals surface area contributed by atoms with Crippen molar-refractivity contribution >= 4 is 11.9 Å². The molecule has 18 heavy (non-hydrogen) atoms. The fourth-order valence-corrected chi connectivity index (χ4v) is 1.83. The first-order chi connectivity index (χ1) is 8.59. The third kappa shape index (κ3) is 2.48. The van der Waals surface area contributed by atoms with Crippen molar-refractivity contribution < 1.29 is 23.8 Å². The molecule has 0 bridgehead atoms. The summed E-state index contributed by atoms with van der Waals surface area (Å²) in [6.07, 6.45) is 0. The average Bonchev–Trinajstić information content (AvgIpc) is 2.77. The zero-order valence-corrected chi connectivity index (χ0v) is 9.43. The summed E-state index contributed by atoms with van der Waals surface area (Å²) in [5, 5.41) is 11.4. The molecule has 1 fully saturated rings. The van der Waals surface area contributed by atoms with Crippen molar-refractivity contribution in [2.75, 3.05) is 13.2 Å². The minimum Gasteiger partial charge on any atom is -0.481 e. The van der Waals surface area contributed by atoms with E-state index in [4.69, 9.17) is 9.84 Å². The molecular weight excluding hydrogens is 241 g/mol. The Labute approximate surface area is 103 Å². The van der Waals surface area contributed by atoms with Crippen LogP contribution >= 0.6 is 0 Å². The molecule has 1 amide bonds. The highest BCUT2D eigenvalue weighted by molar-refractivity contribution is 5.95. The molecule has 1 aliphatic rings. The van der Waals surface area contributed by atoms with Crippen molar-refractivity contribution in [3.8, 4) is 0 Å². The van der Waals surface area contributed by atoms with E-state index in [-0.39, 0.29) is 18.8 Å². The number of amides is 1. The number of hydrogen-bond acceptors (Lipinski definition) is 3. The highest BCUT2D eigenvalue weighted by Gasteiger charge is 2.35. The van der Waals surface area contributed by atoms with Gasteiger partial charge in [0.25, 0.3) is 5.91 Å². The Morgan fingerprint density at radius 3 is 2.72 bits per heavy atom. The van der Waals surface area contributed by atoms with Crippen LogP contribution in [0.3, 0.4) is 0 Å². The van der Waals surface area contributed by atoms with Gasteiger partial charge in [0.2, 0.25) is 0 Å². The standard InChI is InChI=1S/C12H12FNO4/c13-9-4-2-1-3-7(9)11(15)14-10-6-18-5-8(10)12(16)17/h1-4,8,10H,5-6H2,(H,14,15)(H,16,17). The maximum atomic E-state index is 13.4. The van der Waals surface area contributed by atoms with E-state index in [1.165, 1.54) is 24.3 Å². The van der Waals surface area contributed by atoms with E-state index >= 15 is 0 Å². The maximum absolute atomic E-state index is 13.4. The van der Waals surface area contributed by atoms with Crippen molar-refractivity contribution in [2.24, 2.45) is 5.92 Å². The second-order valence-corrected chi connectivity index (χ2v) is 4.04. The molecule has 0 aromatic heterocycles. The van der Waals surface area contributed by atoms with Crippen LogP contribution in [0.25, 0.3) is 0 Å². The highest BCUT2D eigenvalue weighted by atomic mass is 19.1. The summed E-state index contributed by atoms with van der Waals surface area (Å²) >= 11 is 0. The molecule has 1 aliphatic heterocycles. The number of nitrogens with one attached hydrogen (secondary N) is 1. The molecular formula is C12H12FNO4. The largest absolute Gasteiger partial charge is 0.481 e. The molecule has 0 aliphatic carbocycles. The fraction of sp³-hybridized carbons (Fsp3) is 0.333. The van der Waals surface area contributed by atoms with Gasteiger partial charge in [0.15, 0.2) is 0 Å². The van der Waals surface area contributed by atoms with Gasteiger partial charge < -0.3 is 15.2 Å². The van der Waals surface area contributed by atoms with Gasteiger partial charge in [0.05, 0.1) is 24.8 Å². The van der Waals surface area contributed by atoms with Crippen LogP contribution in [0, 0.1) is 11.7 Å². The third-order valence-corrected chi connectivity index (χ3v) is 2.83. The molecule has 2 N–H and O–H groups in total. The van der Waals surface area contributed by atoms with Crippen LogP contribution in [0.15, 0.2) is 24.3 Å². The Hall–Kier alpha value is -1.95. The lowest BCUT2D eigenvalue weighted by atomic mass is 10.0. The number of benzene rings is 1. The van der Waals surface area contributed by atoms with Gasteiger partial charge in [-0.05, 0) is 12.1 Å². The molecule has 6 heteroatoms. The number of carbonyl (C=O) groups is 2. The molecule has 1 aromatic carbocycles. The molecule has 96 valence electrons. The minimum absolute atomic E-state index is 0.0531. The second-order valence-electron chi connectivity index (χ2n) is 4.04. The summed E-state index contributed by atoms with van der Waals surface area (Å²) in [5.74, 6) is -3.09. The van der Waals surface area contributed by atoms with Crippen molar-refractivity contribution in [1.29, 1.82) is 0 Å². The van der Waals surface area contributed by atoms with E-state index in [1.807, 2.05) is 0 Å². The molecule has 1 heterocycles. The van der Waals surface area contributed by atoms with Crippen LogP contribution in [0.1, 0.15) is 10.4 Å². The Kier molecular flexibility index (Phi) is 3.57. The van der Waals surface area contributed by atoms with E-state index in [0.717, 1.165) is 0 Å². The van der Waals surface area contributed by atoms with Gasteiger partial charge in [0.1, 0.15) is 11.7 Å². The van der Waals surface area contributed by atoms with Crippen LogP contribution < -0.4 is 5.32 Å². The summed E-state index contributed by atoms with van der Waals surface area (Å²) < 4.78 is 18.4. The summed E-state index contributed by atoms with van der Waals surface area (Å²) in [4.78, 5) is 22.7. The zero-order valence-electron chi connectivity index (χ0n) is 9.43. The monoisotopic (exact) mass is 253 g/mol. The quantitative estimate of drug-likeness (QED) is 0.829. The van der Waals surface area contributed by atoms with Crippen molar-refractivity contribution in [3.05, 3.63) is 35.6 Å². The predicted molar refractivity (Wildman–Crippen MR) is 59.6 cm³/mol. The number of aliphatic carboxylic acids is 1. The summed E-state index contributed by atoms with van der Waals surface area (Å²) in [5.41, 5.74) is -0.103. The van der Waals surface area contributed by atoms with E-state index in [0.29, 0.717) is 0 Å². The smallest absolute Gasteiger partial charge is 0.311 e. The van der Waals surface area contributed by atoms with Gasteiger partial charge in [-0.2, -0.15) is 0 Å². The molecule has 2 atom stereocenters. The van der Waals surface area contributed by atoms with Gasteiger partial charge in [-0.25, -0.2) is 4.39 Å². The van der Waals surface area contributed by atoms with Gasteiger partial charge in [-0.15, -0.1) is 0 Å². The average molecular weight is 253 g/mol. The number of ether oxygens (including phenoxy) is 1. The van der Waals surface area contributed by atoms with Crippen molar-refractivity contribution in [3.63, 3.8) is 0 Å². The van der Waals surface area contributed by atoms with Crippen LogP contribution in [0.4, 0.5) is 4.39 Å². The molecule has 1 saturated heterocycles. The lowest BCUT2D eigenvalue weighted by molar-refractivity contribution is -0.142. The first kappa shape index (κ1) is 12.5. The molecule has 1 aromatic rings. The minimum atomic E-state index is -1.04. The molecule has 0 spiro atoms. The molecule has 0 radical (unpaired) electrons. The number of halogens is 1. The van der Waals surface area contributed by atoms with Gasteiger partial charge in [-0.1, -0.05) is 12.1 Å². The Morgan fingerprint density at radius 2 is 2.06 bits per heavy atom. The van der Waals surface area contributed by atoms with E-state index < -0.39 is 29.7 Å². The van der Waals surface area contributed by atoms with Crippen molar-refractivity contribution in [1.82, 2.24) is 5.32 Å². The lowest BCUT2D eigenvalue weighted by Gasteiger charge is -2.15. The first-order valence-corrected chi connectivity index (χ1v) is 5.45. The topological polar surface area (TPSA) is 75.6 Å². The molecule has 0 saturated carbocycles. The summed E-state index contributed by atoms with van der Waals surface area (Å²) in [6.45, 7) is 0.175. The zero-order chi connectivity index (χ0) is 13.1. The lowest BCUT2D eigenvalue weighted by Crippen LogP contribution is -2.42. The number of carboxylic acids is 1. The van der Waals surface area contributed by atoms with Crippen LogP contribution in [-0.4, -0.2) is 36.2 Å². The highest BCUT2D eigenvalue weighted by Crippen LogP contribution is 2.15. The number of carbonyl (C=O) groups excluding carboxylic acids is 1. The van der Waals surface area contributed by atoms with Crippen LogP contribution in [0.5, 0.6) is 0 Å². The second kappa shape index (κ2) is 5.14. The van der Waals surface area contributed by atoms with Gasteiger partial charge >= 0.3 is 5.97 Å². The van der Waals surface area contributed by atoms with Gasteiger partial charge in [0, 0.05) is 0 Å². The van der Waals surface area contributed by atoms with Crippen LogP contribution in [-0.2, 0) is 9.53 Å². The van der Waals surface area contributed by atoms with Gasteiger partial charge in [-0.3, -0.25) is 9.59 Å². The normalized spacial score (nSPS) is 22.7. The van der Waals surface area contributed by atoms with E-state index in [9.17, 15) is 14.0 Å². The molecule has 2 unspecified atom stereocenters. The SMILES string of the molecule is O=C(NC1COCC1C(=O)O)c1ccccc1F. The Morgan fingerprint density at radius 1 is 1.33 bits per heavy atom. The summed E-state index contributed by atoms with van der Waals surface area (Å²) in [7, 11) is 0.